The lowest BCUT2D eigenvalue weighted by atomic mass is 9.96. The fraction of sp³-hybridized carbons (Fsp3) is 0.636. The molecule has 0 unspecified atom stereocenters. The number of benzene rings is 1. The highest BCUT2D eigenvalue weighted by Crippen LogP contribution is 2.41. The minimum atomic E-state index is -3.64. The topological polar surface area (TPSA) is 90.0 Å². The Labute approximate surface area is 184 Å². The van der Waals surface area contributed by atoms with Gasteiger partial charge in [0.15, 0.2) is 0 Å². The number of amides is 2. The normalized spacial score (nSPS) is 22.3. The number of fused-ring (bicyclic) bond motifs is 3. The first-order valence-corrected chi connectivity index (χ1v) is 12.7. The van der Waals surface area contributed by atoms with E-state index in [9.17, 15) is 18.0 Å². The molecule has 1 aromatic carbocycles. The van der Waals surface area contributed by atoms with Crippen LogP contribution in [0.3, 0.4) is 0 Å². The molecule has 1 N–H and O–H groups in total. The summed E-state index contributed by atoms with van der Waals surface area (Å²) < 4.78 is 28.0. The van der Waals surface area contributed by atoms with E-state index in [1.165, 1.54) is 9.21 Å². The fourth-order valence-electron chi connectivity index (χ4n) is 4.83. The average molecular weight is 449 g/mol. The highest BCUT2D eigenvalue weighted by molar-refractivity contribution is 7.89. The summed E-state index contributed by atoms with van der Waals surface area (Å²) in [6.45, 7) is 5.43. The molecule has 0 aromatic heterocycles. The SMILES string of the molecule is CC(C)NC(=O)CN1C(=O)[C@H]2CCCCN2c2ccc(S(=O)(=O)N3CCCCC3)cc21. The van der Waals surface area contributed by atoms with Gasteiger partial charge in [-0.15, -0.1) is 0 Å². The Hall–Kier alpha value is -2.13. The molecule has 8 nitrogen and oxygen atoms in total. The number of nitrogens with zero attached hydrogens (tertiary/aromatic N) is 3. The number of nitrogens with one attached hydrogen (secondary N) is 1. The van der Waals surface area contributed by atoms with E-state index in [2.05, 4.69) is 10.2 Å². The highest BCUT2D eigenvalue weighted by Gasteiger charge is 2.41. The molecule has 0 saturated carbocycles. The van der Waals surface area contributed by atoms with Gasteiger partial charge in [-0.25, -0.2) is 8.42 Å². The maximum Gasteiger partial charge on any atom is 0.250 e. The third-order valence-corrected chi connectivity index (χ3v) is 8.20. The second-order valence-electron chi connectivity index (χ2n) is 8.97. The first-order valence-electron chi connectivity index (χ1n) is 11.3. The smallest absolute Gasteiger partial charge is 0.250 e. The molecule has 170 valence electrons. The summed E-state index contributed by atoms with van der Waals surface area (Å²) in [5, 5.41) is 2.84. The van der Waals surface area contributed by atoms with E-state index >= 15 is 0 Å². The van der Waals surface area contributed by atoms with Crippen LogP contribution in [0.5, 0.6) is 0 Å². The molecule has 2 amide bonds. The molecule has 31 heavy (non-hydrogen) atoms. The van der Waals surface area contributed by atoms with Gasteiger partial charge in [0.05, 0.1) is 16.3 Å². The second-order valence-corrected chi connectivity index (χ2v) is 10.9. The zero-order chi connectivity index (χ0) is 22.2. The molecule has 0 spiro atoms. The molecular formula is C22H32N4O4S. The first-order chi connectivity index (χ1) is 14.8. The Morgan fingerprint density at radius 3 is 2.48 bits per heavy atom. The quantitative estimate of drug-likeness (QED) is 0.745. The van der Waals surface area contributed by atoms with E-state index in [1.807, 2.05) is 19.9 Å². The van der Waals surface area contributed by atoms with Crippen molar-refractivity contribution in [3.63, 3.8) is 0 Å². The van der Waals surface area contributed by atoms with Crippen LogP contribution in [0.2, 0.25) is 0 Å². The maximum absolute atomic E-state index is 13.4. The third kappa shape index (κ3) is 4.30. The first kappa shape index (κ1) is 22.1. The van der Waals surface area contributed by atoms with Crippen LogP contribution in [0.4, 0.5) is 11.4 Å². The van der Waals surface area contributed by atoms with Gasteiger partial charge in [-0.1, -0.05) is 6.42 Å². The molecule has 2 fully saturated rings. The molecule has 0 radical (unpaired) electrons. The Bertz CT molecular complexity index is 956. The number of carbonyl (C=O) groups is 2. The lowest BCUT2D eigenvalue weighted by molar-refractivity contribution is -0.125. The van der Waals surface area contributed by atoms with Crippen LogP contribution in [0.15, 0.2) is 23.1 Å². The van der Waals surface area contributed by atoms with Gasteiger partial charge >= 0.3 is 0 Å². The largest absolute Gasteiger partial charge is 0.358 e. The summed E-state index contributed by atoms with van der Waals surface area (Å²) >= 11 is 0. The summed E-state index contributed by atoms with van der Waals surface area (Å²) in [6.07, 6.45) is 5.47. The molecule has 1 atom stereocenters. The van der Waals surface area contributed by atoms with Gasteiger partial charge in [0.25, 0.3) is 0 Å². The molecule has 3 heterocycles. The van der Waals surface area contributed by atoms with Crippen LogP contribution in [0.25, 0.3) is 0 Å². The van der Waals surface area contributed by atoms with Crippen LogP contribution in [-0.4, -0.2) is 62.8 Å². The molecular weight excluding hydrogens is 416 g/mol. The molecule has 3 aliphatic heterocycles. The van der Waals surface area contributed by atoms with E-state index in [1.54, 1.807) is 12.1 Å². The molecule has 0 aliphatic carbocycles. The van der Waals surface area contributed by atoms with Gasteiger partial charge < -0.3 is 10.2 Å². The number of carbonyl (C=O) groups excluding carboxylic acids is 2. The molecule has 2 saturated heterocycles. The standard InChI is InChI=1S/C22H32N4O4S/c1-16(2)23-21(27)15-26-20-14-17(31(29,30)24-11-5-3-6-12-24)9-10-18(20)25-13-7-4-8-19(25)22(26)28/h9-10,14,16,19H,3-8,11-13,15H2,1-2H3,(H,23,27)/t19-/m1/s1. The van der Waals surface area contributed by atoms with Gasteiger partial charge in [0.1, 0.15) is 12.6 Å². The lowest BCUT2D eigenvalue weighted by Crippen LogP contribution is -2.57. The van der Waals surface area contributed by atoms with E-state index in [0.29, 0.717) is 18.8 Å². The Morgan fingerprint density at radius 2 is 1.77 bits per heavy atom. The molecule has 9 heteroatoms. The Morgan fingerprint density at radius 1 is 1.06 bits per heavy atom. The van der Waals surface area contributed by atoms with Crippen molar-refractivity contribution in [2.24, 2.45) is 0 Å². The summed E-state index contributed by atoms with van der Waals surface area (Å²) in [6, 6.07) is 4.72. The molecule has 4 rings (SSSR count). The number of piperidine rings is 2. The zero-order valence-corrected chi connectivity index (χ0v) is 19.2. The van der Waals surface area contributed by atoms with Crippen LogP contribution < -0.4 is 15.1 Å². The van der Waals surface area contributed by atoms with Crippen molar-refractivity contribution in [3.05, 3.63) is 18.2 Å². The van der Waals surface area contributed by atoms with Crippen molar-refractivity contribution in [2.45, 2.75) is 69.4 Å². The highest BCUT2D eigenvalue weighted by atomic mass is 32.2. The molecule has 3 aliphatic rings. The van der Waals surface area contributed by atoms with Crippen molar-refractivity contribution < 1.29 is 18.0 Å². The summed E-state index contributed by atoms with van der Waals surface area (Å²) in [7, 11) is -3.64. The predicted octanol–water partition coefficient (Wildman–Crippen LogP) is 2.09. The molecule has 0 bridgehead atoms. The van der Waals surface area contributed by atoms with E-state index in [4.69, 9.17) is 0 Å². The van der Waals surface area contributed by atoms with Crippen molar-refractivity contribution in [1.29, 1.82) is 0 Å². The third-order valence-electron chi connectivity index (χ3n) is 6.31. The van der Waals surface area contributed by atoms with E-state index in [0.717, 1.165) is 50.8 Å². The summed E-state index contributed by atoms with van der Waals surface area (Å²) in [5.41, 5.74) is 1.35. The molecule has 1 aromatic rings. The van der Waals surface area contributed by atoms with Crippen molar-refractivity contribution in [2.75, 3.05) is 36.0 Å². The minimum Gasteiger partial charge on any atom is -0.358 e. The van der Waals surface area contributed by atoms with Gasteiger partial charge in [-0.05, 0) is 64.2 Å². The van der Waals surface area contributed by atoms with Crippen molar-refractivity contribution in [1.82, 2.24) is 9.62 Å². The number of hydrogen-bond donors (Lipinski definition) is 1. The van der Waals surface area contributed by atoms with Gasteiger partial charge in [-0.3, -0.25) is 14.5 Å². The second kappa shape index (κ2) is 8.78. The monoisotopic (exact) mass is 448 g/mol. The zero-order valence-electron chi connectivity index (χ0n) is 18.3. The van der Waals surface area contributed by atoms with Crippen LogP contribution in [0, 0.1) is 0 Å². The van der Waals surface area contributed by atoms with Gasteiger partial charge in [0.2, 0.25) is 21.8 Å². The predicted molar refractivity (Wildman–Crippen MR) is 120 cm³/mol. The lowest BCUT2D eigenvalue weighted by Gasteiger charge is -2.45. The maximum atomic E-state index is 13.4. The van der Waals surface area contributed by atoms with Crippen molar-refractivity contribution in [3.8, 4) is 0 Å². The van der Waals surface area contributed by atoms with Crippen LogP contribution in [0.1, 0.15) is 52.4 Å². The van der Waals surface area contributed by atoms with Crippen molar-refractivity contribution >= 4 is 33.2 Å². The van der Waals surface area contributed by atoms with Crippen LogP contribution >= 0.6 is 0 Å². The average Bonchev–Trinajstić information content (AvgIpc) is 2.76. The van der Waals surface area contributed by atoms with E-state index < -0.39 is 10.0 Å². The number of anilines is 2. The summed E-state index contributed by atoms with van der Waals surface area (Å²) in [5.74, 6) is -0.374. The number of hydrogen-bond acceptors (Lipinski definition) is 5. The number of rotatable bonds is 5. The Kier molecular flexibility index (Phi) is 6.25. The van der Waals surface area contributed by atoms with Crippen LogP contribution in [-0.2, 0) is 19.6 Å². The Balaban J connectivity index is 1.73. The minimum absolute atomic E-state index is 0.0381. The number of sulfonamides is 1. The van der Waals surface area contributed by atoms with Gasteiger partial charge in [0, 0.05) is 25.7 Å². The van der Waals surface area contributed by atoms with E-state index in [-0.39, 0.29) is 35.3 Å². The van der Waals surface area contributed by atoms with Gasteiger partial charge in [-0.2, -0.15) is 4.31 Å². The summed E-state index contributed by atoms with van der Waals surface area (Å²) in [4.78, 5) is 29.6. The fourth-order valence-corrected chi connectivity index (χ4v) is 6.36.